The second-order valence-electron chi connectivity index (χ2n) is 4.86. The number of hydrazine groups is 1. The topological polar surface area (TPSA) is 90.8 Å². The van der Waals surface area contributed by atoms with Gasteiger partial charge in [0.15, 0.2) is 5.69 Å². The summed E-state index contributed by atoms with van der Waals surface area (Å²) in [5, 5.41) is 8.94. The highest BCUT2D eigenvalue weighted by atomic mass is 16.2. The quantitative estimate of drug-likeness (QED) is 0.422. The van der Waals surface area contributed by atoms with Gasteiger partial charge < -0.3 is 4.57 Å². The van der Waals surface area contributed by atoms with Gasteiger partial charge in [0.25, 0.3) is 5.91 Å². The van der Waals surface area contributed by atoms with Gasteiger partial charge in [-0.3, -0.25) is 10.2 Å². The number of nitrogens with two attached hydrogens (primary N) is 1. The third kappa shape index (κ3) is 2.50. The van der Waals surface area contributed by atoms with E-state index in [9.17, 15) is 4.79 Å². The van der Waals surface area contributed by atoms with E-state index >= 15 is 0 Å². The summed E-state index contributed by atoms with van der Waals surface area (Å²) in [6.07, 6.45) is 3.64. The minimum absolute atomic E-state index is 0.214. The molecule has 0 fully saturated rings. The lowest BCUT2D eigenvalue weighted by Crippen LogP contribution is -2.30. The molecule has 0 saturated heterocycles. The molecule has 7 heteroatoms. The second-order valence-corrected chi connectivity index (χ2v) is 4.86. The molecular weight excluding hydrogens is 268 g/mol. The second kappa shape index (κ2) is 5.37. The Morgan fingerprint density at radius 1 is 1.33 bits per heavy atom. The number of hydrogen-bond donors (Lipinski definition) is 2. The van der Waals surface area contributed by atoms with Crippen molar-refractivity contribution >= 4 is 16.8 Å². The molecule has 3 aromatic rings. The van der Waals surface area contributed by atoms with Crippen molar-refractivity contribution in [3.05, 3.63) is 47.9 Å². The zero-order valence-corrected chi connectivity index (χ0v) is 11.7. The zero-order chi connectivity index (χ0) is 14.8. The lowest BCUT2D eigenvalue weighted by Gasteiger charge is -2.05. The lowest BCUT2D eigenvalue weighted by molar-refractivity contribution is 0.0948. The average Bonchev–Trinajstić information content (AvgIpc) is 3.12. The van der Waals surface area contributed by atoms with Crippen LogP contribution in [0.15, 0.2) is 36.7 Å². The van der Waals surface area contributed by atoms with Crippen LogP contribution in [0.5, 0.6) is 0 Å². The molecule has 0 atom stereocenters. The standard InChI is InChI=1S/C14H16N6O/c1-10-3-2-4-13-11(10)5-6-19(13)7-8-20-9-12(17-18-20)14(21)16-15/h2-6,9H,7-8,15H2,1H3,(H,16,21). The van der Waals surface area contributed by atoms with Gasteiger partial charge in [0.1, 0.15) is 0 Å². The number of nitrogens with one attached hydrogen (secondary N) is 1. The van der Waals surface area contributed by atoms with Crippen LogP contribution < -0.4 is 11.3 Å². The van der Waals surface area contributed by atoms with Gasteiger partial charge in [-0.1, -0.05) is 17.3 Å². The molecule has 3 N–H and O–H groups in total. The van der Waals surface area contributed by atoms with Gasteiger partial charge in [0.05, 0.1) is 12.7 Å². The van der Waals surface area contributed by atoms with Crippen LogP contribution in [0.25, 0.3) is 10.9 Å². The predicted molar refractivity (Wildman–Crippen MR) is 78.4 cm³/mol. The third-order valence-electron chi connectivity index (χ3n) is 3.50. The van der Waals surface area contributed by atoms with Gasteiger partial charge in [-0.05, 0) is 24.6 Å². The average molecular weight is 284 g/mol. The molecule has 21 heavy (non-hydrogen) atoms. The molecule has 0 aliphatic carbocycles. The molecule has 0 aliphatic heterocycles. The van der Waals surface area contributed by atoms with E-state index in [1.54, 1.807) is 10.9 Å². The van der Waals surface area contributed by atoms with E-state index < -0.39 is 5.91 Å². The van der Waals surface area contributed by atoms with Crippen molar-refractivity contribution in [3.8, 4) is 0 Å². The fourth-order valence-corrected chi connectivity index (χ4v) is 2.37. The number of fused-ring (bicyclic) bond motifs is 1. The van der Waals surface area contributed by atoms with Crippen LogP contribution in [0.2, 0.25) is 0 Å². The lowest BCUT2D eigenvalue weighted by atomic mass is 10.1. The number of rotatable bonds is 4. The van der Waals surface area contributed by atoms with Gasteiger partial charge in [-0.25, -0.2) is 10.5 Å². The molecule has 1 amide bonds. The van der Waals surface area contributed by atoms with Gasteiger partial charge >= 0.3 is 0 Å². The number of benzene rings is 1. The smallest absolute Gasteiger partial charge is 0.287 e. The maximum Gasteiger partial charge on any atom is 0.287 e. The Hall–Kier alpha value is -2.67. The predicted octanol–water partition coefficient (Wildman–Crippen LogP) is 0.845. The molecule has 2 heterocycles. The highest BCUT2D eigenvalue weighted by Crippen LogP contribution is 2.19. The molecule has 1 aromatic carbocycles. The van der Waals surface area contributed by atoms with Crippen molar-refractivity contribution in [2.45, 2.75) is 20.0 Å². The Balaban J connectivity index is 1.76. The summed E-state index contributed by atoms with van der Waals surface area (Å²) in [5.41, 5.74) is 4.70. The third-order valence-corrected chi connectivity index (χ3v) is 3.50. The molecule has 0 aliphatic rings. The van der Waals surface area contributed by atoms with Crippen molar-refractivity contribution in [2.75, 3.05) is 0 Å². The van der Waals surface area contributed by atoms with Crippen LogP contribution in [-0.4, -0.2) is 25.5 Å². The number of nitrogens with zero attached hydrogens (tertiary/aromatic N) is 4. The number of nitrogen functional groups attached to an aromatic ring is 1. The van der Waals surface area contributed by atoms with Crippen LogP contribution >= 0.6 is 0 Å². The maximum atomic E-state index is 11.3. The normalized spacial score (nSPS) is 11.0. The van der Waals surface area contributed by atoms with Crippen LogP contribution in [0.1, 0.15) is 16.1 Å². The van der Waals surface area contributed by atoms with Crippen LogP contribution in [0.4, 0.5) is 0 Å². The van der Waals surface area contributed by atoms with Gasteiger partial charge in [0, 0.05) is 23.6 Å². The summed E-state index contributed by atoms with van der Waals surface area (Å²) in [6.45, 7) is 3.48. The highest BCUT2D eigenvalue weighted by Gasteiger charge is 2.09. The summed E-state index contributed by atoms with van der Waals surface area (Å²) in [7, 11) is 0. The minimum Gasteiger partial charge on any atom is -0.346 e. The first-order valence-corrected chi connectivity index (χ1v) is 6.64. The number of aromatic nitrogens is 4. The Morgan fingerprint density at radius 3 is 3.00 bits per heavy atom. The minimum atomic E-state index is -0.441. The van der Waals surface area contributed by atoms with E-state index in [1.165, 1.54) is 16.5 Å². The monoisotopic (exact) mass is 284 g/mol. The largest absolute Gasteiger partial charge is 0.346 e. The molecule has 0 bridgehead atoms. The Kier molecular flexibility index (Phi) is 3.41. The van der Waals surface area contributed by atoms with Crippen LogP contribution in [0.3, 0.4) is 0 Å². The van der Waals surface area contributed by atoms with Crippen molar-refractivity contribution in [2.24, 2.45) is 5.84 Å². The van der Waals surface area contributed by atoms with E-state index in [-0.39, 0.29) is 5.69 Å². The molecule has 3 rings (SSSR count). The van der Waals surface area contributed by atoms with E-state index in [1.807, 2.05) is 11.5 Å². The Bertz CT molecular complexity index is 788. The van der Waals surface area contributed by atoms with Crippen LogP contribution in [0, 0.1) is 6.92 Å². The number of amides is 1. The summed E-state index contributed by atoms with van der Waals surface area (Å²) < 4.78 is 3.79. The van der Waals surface area contributed by atoms with Crippen LogP contribution in [-0.2, 0) is 13.1 Å². The first-order valence-electron chi connectivity index (χ1n) is 6.64. The van der Waals surface area contributed by atoms with Gasteiger partial charge in [-0.2, -0.15) is 0 Å². The van der Waals surface area contributed by atoms with Crippen molar-refractivity contribution in [1.82, 2.24) is 25.0 Å². The summed E-state index contributed by atoms with van der Waals surface area (Å²) in [4.78, 5) is 11.3. The number of carbonyl (C=O) groups is 1. The fourth-order valence-electron chi connectivity index (χ4n) is 2.37. The summed E-state index contributed by atoms with van der Waals surface area (Å²) >= 11 is 0. The molecule has 7 nitrogen and oxygen atoms in total. The van der Waals surface area contributed by atoms with E-state index in [0.717, 1.165) is 6.54 Å². The van der Waals surface area contributed by atoms with Crippen molar-refractivity contribution in [3.63, 3.8) is 0 Å². The number of hydrogen-bond acceptors (Lipinski definition) is 4. The summed E-state index contributed by atoms with van der Waals surface area (Å²) in [5.74, 6) is 4.62. The molecule has 0 radical (unpaired) electrons. The van der Waals surface area contributed by atoms with E-state index in [2.05, 4.69) is 46.2 Å². The zero-order valence-electron chi connectivity index (χ0n) is 11.7. The van der Waals surface area contributed by atoms with Gasteiger partial charge in [-0.15, -0.1) is 5.10 Å². The molecular formula is C14H16N6O. The number of carbonyl (C=O) groups excluding carboxylic acids is 1. The summed E-state index contributed by atoms with van der Waals surface area (Å²) in [6, 6.07) is 8.35. The van der Waals surface area contributed by atoms with Crippen molar-refractivity contribution in [1.29, 1.82) is 0 Å². The van der Waals surface area contributed by atoms with E-state index in [0.29, 0.717) is 6.54 Å². The molecule has 0 unspecified atom stereocenters. The molecule has 2 aromatic heterocycles. The van der Waals surface area contributed by atoms with E-state index in [4.69, 9.17) is 5.84 Å². The maximum absolute atomic E-state index is 11.3. The highest BCUT2D eigenvalue weighted by molar-refractivity contribution is 5.91. The SMILES string of the molecule is Cc1cccc2c1ccn2CCn1cc(C(=O)NN)nn1. The molecule has 0 saturated carbocycles. The molecule has 108 valence electrons. The fraction of sp³-hybridized carbons (Fsp3) is 0.214. The van der Waals surface area contributed by atoms with Crippen molar-refractivity contribution < 1.29 is 4.79 Å². The Labute approximate surface area is 121 Å². The Morgan fingerprint density at radius 2 is 2.19 bits per heavy atom. The first-order chi connectivity index (χ1) is 10.2. The van der Waals surface area contributed by atoms with Gasteiger partial charge in [0.2, 0.25) is 0 Å². The first kappa shape index (κ1) is 13.3. The molecule has 0 spiro atoms. The number of aryl methyl sites for hydroxylation is 3.